The Bertz CT molecular complexity index is 726. The topological polar surface area (TPSA) is 59.1 Å². The summed E-state index contributed by atoms with van der Waals surface area (Å²) < 4.78 is 23.2. The van der Waals surface area contributed by atoms with Gasteiger partial charge in [0, 0.05) is 11.1 Å². The van der Waals surface area contributed by atoms with Crippen LogP contribution in [0.25, 0.3) is 0 Å². The summed E-state index contributed by atoms with van der Waals surface area (Å²) in [6.45, 7) is 3.93. The van der Waals surface area contributed by atoms with E-state index >= 15 is 0 Å². The van der Waals surface area contributed by atoms with Gasteiger partial charge in [-0.25, -0.2) is 13.4 Å². The average Bonchev–Trinajstić information content (AvgIpc) is 2.77. The van der Waals surface area contributed by atoms with Crippen molar-refractivity contribution < 1.29 is 8.42 Å². The van der Waals surface area contributed by atoms with Gasteiger partial charge in [0.25, 0.3) is 0 Å². The molecule has 1 aromatic carbocycles. The van der Waals surface area contributed by atoms with E-state index in [1.54, 1.807) is 29.0 Å². The molecule has 2 aromatic rings. The van der Waals surface area contributed by atoms with Crippen molar-refractivity contribution in [2.45, 2.75) is 24.8 Å². The van der Waals surface area contributed by atoms with Crippen molar-refractivity contribution in [3.05, 3.63) is 39.3 Å². The Labute approximate surface area is 127 Å². The summed E-state index contributed by atoms with van der Waals surface area (Å²) in [6, 6.07) is 4.66. The van der Waals surface area contributed by atoms with Crippen LogP contribution in [0.3, 0.4) is 0 Å². The van der Waals surface area contributed by atoms with E-state index < -0.39 is 9.84 Å². The van der Waals surface area contributed by atoms with Gasteiger partial charge in [0.15, 0.2) is 9.84 Å². The van der Waals surface area contributed by atoms with Gasteiger partial charge in [-0.2, -0.15) is 0 Å². The second kappa shape index (κ2) is 5.71. The van der Waals surface area contributed by atoms with Gasteiger partial charge in [0.05, 0.1) is 32.9 Å². The molecule has 0 bridgehead atoms. The molecule has 108 valence electrons. The number of nitrogens with zero attached hydrogens (tertiary/aromatic N) is 1. The van der Waals surface area contributed by atoms with Crippen molar-refractivity contribution in [2.75, 3.05) is 11.6 Å². The lowest BCUT2D eigenvalue weighted by Crippen LogP contribution is -2.08. The van der Waals surface area contributed by atoms with Gasteiger partial charge in [-0.15, -0.1) is 11.3 Å². The molecule has 0 amide bonds. The number of hydrogen-bond donors (Lipinski definition) is 1. The maximum Gasteiger partial charge on any atom is 0.175 e. The van der Waals surface area contributed by atoms with Crippen molar-refractivity contribution in [1.82, 2.24) is 4.98 Å². The quantitative estimate of drug-likeness (QED) is 0.929. The highest BCUT2D eigenvalue weighted by Gasteiger charge is 2.15. The van der Waals surface area contributed by atoms with E-state index in [2.05, 4.69) is 10.3 Å². The zero-order chi connectivity index (χ0) is 14.9. The molecule has 20 heavy (non-hydrogen) atoms. The van der Waals surface area contributed by atoms with Crippen LogP contribution < -0.4 is 5.32 Å². The Morgan fingerprint density at radius 2 is 2.10 bits per heavy atom. The number of halogens is 1. The maximum absolute atomic E-state index is 11.6. The van der Waals surface area contributed by atoms with Gasteiger partial charge >= 0.3 is 0 Å². The first-order valence-electron chi connectivity index (χ1n) is 5.95. The first-order chi connectivity index (χ1) is 9.29. The van der Waals surface area contributed by atoms with Crippen LogP contribution in [0.5, 0.6) is 0 Å². The number of aromatic nitrogens is 1. The molecule has 0 radical (unpaired) electrons. The summed E-state index contributed by atoms with van der Waals surface area (Å²) in [5, 5.41) is 3.73. The van der Waals surface area contributed by atoms with Crippen LogP contribution in [0.4, 0.5) is 5.69 Å². The first kappa shape index (κ1) is 15.3. The molecule has 0 spiro atoms. The number of nitrogens with one attached hydrogen (secondary N) is 1. The van der Waals surface area contributed by atoms with Gasteiger partial charge in [-0.05, 0) is 32.0 Å². The monoisotopic (exact) mass is 330 g/mol. The highest BCUT2D eigenvalue weighted by atomic mass is 35.5. The minimum atomic E-state index is -3.25. The molecule has 2 rings (SSSR count). The van der Waals surface area contributed by atoms with Crippen LogP contribution in [0.1, 0.15) is 23.5 Å². The van der Waals surface area contributed by atoms with E-state index in [0.29, 0.717) is 10.7 Å². The highest BCUT2D eigenvalue weighted by Crippen LogP contribution is 2.30. The Balaban J connectivity index is 2.32. The minimum Gasteiger partial charge on any atom is -0.376 e. The Kier molecular flexibility index (Phi) is 4.36. The normalized spacial score (nSPS) is 13.2. The summed E-state index contributed by atoms with van der Waals surface area (Å²) in [5.41, 5.74) is 3.36. The lowest BCUT2D eigenvalue weighted by molar-refractivity contribution is 0.602. The van der Waals surface area contributed by atoms with Crippen LogP contribution in [-0.4, -0.2) is 19.7 Å². The minimum absolute atomic E-state index is 0.00908. The maximum atomic E-state index is 11.6. The van der Waals surface area contributed by atoms with Crippen LogP contribution in [-0.2, 0) is 9.84 Å². The molecule has 0 saturated carbocycles. The smallest absolute Gasteiger partial charge is 0.175 e. The fraction of sp³-hybridized carbons (Fsp3) is 0.308. The number of rotatable bonds is 4. The molecule has 0 aliphatic rings. The lowest BCUT2D eigenvalue weighted by atomic mass is 10.2. The van der Waals surface area contributed by atoms with Crippen molar-refractivity contribution in [2.24, 2.45) is 0 Å². The van der Waals surface area contributed by atoms with Crippen LogP contribution in [0, 0.1) is 6.92 Å². The summed E-state index contributed by atoms with van der Waals surface area (Å²) in [6.07, 6.45) is 1.18. The van der Waals surface area contributed by atoms with Crippen LogP contribution in [0.2, 0.25) is 5.02 Å². The number of anilines is 1. The largest absolute Gasteiger partial charge is 0.376 e. The Morgan fingerprint density at radius 1 is 1.40 bits per heavy atom. The van der Waals surface area contributed by atoms with Gasteiger partial charge in [0.1, 0.15) is 0 Å². The molecule has 7 heteroatoms. The van der Waals surface area contributed by atoms with Crippen molar-refractivity contribution in [1.29, 1.82) is 0 Å². The molecule has 0 aliphatic heterocycles. The Morgan fingerprint density at radius 3 is 2.65 bits per heavy atom. The molecular weight excluding hydrogens is 316 g/mol. The molecule has 1 unspecified atom stereocenters. The van der Waals surface area contributed by atoms with Gasteiger partial charge < -0.3 is 5.32 Å². The molecule has 0 saturated heterocycles. The third-order valence-corrected chi connectivity index (χ3v) is 5.47. The molecule has 1 aromatic heterocycles. The van der Waals surface area contributed by atoms with E-state index in [9.17, 15) is 8.42 Å². The predicted octanol–water partition coefficient (Wildman–Crippen LogP) is 3.68. The van der Waals surface area contributed by atoms with E-state index in [-0.39, 0.29) is 10.9 Å². The molecule has 1 N–H and O–H groups in total. The zero-order valence-electron chi connectivity index (χ0n) is 11.3. The molecule has 1 heterocycles. The first-order valence-corrected chi connectivity index (χ1v) is 9.10. The van der Waals surface area contributed by atoms with E-state index in [0.717, 1.165) is 10.6 Å². The summed E-state index contributed by atoms with van der Waals surface area (Å²) in [7, 11) is -3.25. The summed E-state index contributed by atoms with van der Waals surface area (Å²) in [4.78, 5) is 5.56. The van der Waals surface area contributed by atoms with Gasteiger partial charge in [-0.3, -0.25) is 0 Å². The fourth-order valence-corrected chi connectivity index (χ4v) is 3.50. The van der Waals surface area contributed by atoms with E-state index in [4.69, 9.17) is 11.6 Å². The second-order valence-electron chi connectivity index (χ2n) is 4.58. The molecular formula is C13H15ClN2O2S2. The average molecular weight is 331 g/mol. The third-order valence-electron chi connectivity index (χ3n) is 2.91. The summed E-state index contributed by atoms with van der Waals surface area (Å²) in [5.74, 6) is 0. The van der Waals surface area contributed by atoms with Gasteiger partial charge in [-0.1, -0.05) is 11.6 Å². The van der Waals surface area contributed by atoms with Gasteiger partial charge in [0.2, 0.25) is 0 Å². The third kappa shape index (κ3) is 3.31. The van der Waals surface area contributed by atoms with Crippen molar-refractivity contribution in [3.8, 4) is 0 Å². The highest BCUT2D eigenvalue weighted by molar-refractivity contribution is 7.90. The standard InChI is InChI=1S/C13H15ClN2O2S2/c1-8-13(19-7-15-8)9(2)16-12-6-10(20(3,17)18)4-5-11(12)14/h4-7,9,16H,1-3H3. The number of hydrogen-bond acceptors (Lipinski definition) is 5. The van der Waals surface area contributed by atoms with Crippen LogP contribution >= 0.6 is 22.9 Å². The fourth-order valence-electron chi connectivity index (χ4n) is 1.87. The Hall–Kier alpha value is -1.11. The zero-order valence-corrected chi connectivity index (χ0v) is 13.7. The SMILES string of the molecule is Cc1ncsc1C(C)Nc1cc(S(C)(=O)=O)ccc1Cl. The summed E-state index contributed by atoms with van der Waals surface area (Å²) >= 11 is 7.68. The van der Waals surface area contributed by atoms with E-state index in [1.165, 1.54) is 12.3 Å². The molecule has 1 atom stereocenters. The number of sulfone groups is 1. The van der Waals surface area contributed by atoms with E-state index in [1.807, 2.05) is 13.8 Å². The van der Waals surface area contributed by atoms with Crippen molar-refractivity contribution in [3.63, 3.8) is 0 Å². The van der Waals surface area contributed by atoms with Crippen molar-refractivity contribution >= 4 is 38.5 Å². The molecule has 0 fully saturated rings. The predicted molar refractivity (Wildman–Crippen MR) is 83.5 cm³/mol. The molecule has 4 nitrogen and oxygen atoms in total. The molecule has 0 aliphatic carbocycles. The lowest BCUT2D eigenvalue weighted by Gasteiger charge is -2.16. The second-order valence-corrected chi connectivity index (χ2v) is 7.89. The van der Waals surface area contributed by atoms with Crippen LogP contribution in [0.15, 0.2) is 28.6 Å². The number of benzene rings is 1. The number of thiazole rings is 1. The number of aryl methyl sites for hydroxylation is 1.